The Bertz CT molecular complexity index is 4010. The highest BCUT2D eigenvalue weighted by molar-refractivity contribution is 6.02. The Morgan fingerprint density at radius 2 is 1.41 bits per heavy atom. The fourth-order valence-electron chi connectivity index (χ4n) is 14.2. The largest absolute Gasteiger partial charge is 0.545 e. The molecule has 7 heterocycles. The molecule has 0 radical (unpaired) electrons. The molecular weight excluding hydrogens is 1210 g/mol. The van der Waals surface area contributed by atoms with Gasteiger partial charge in [-0.15, -0.1) is 0 Å². The predicted octanol–water partition coefficient (Wildman–Crippen LogP) is 6.94. The van der Waals surface area contributed by atoms with E-state index in [2.05, 4.69) is 54.7 Å². The van der Waals surface area contributed by atoms with Crippen molar-refractivity contribution in [2.45, 2.75) is 95.6 Å². The zero-order valence-electron chi connectivity index (χ0n) is 53.5. The maximum absolute atomic E-state index is 14.9. The number of hydrogen-bond acceptors (Lipinski definition) is 14. The van der Waals surface area contributed by atoms with Crippen LogP contribution in [0, 0.1) is 11.8 Å². The van der Waals surface area contributed by atoms with Gasteiger partial charge in [0, 0.05) is 113 Å². The van der Waals surface area contributed by atoms with Gasteiger partial charge in [0.1, 0.15) is 43.1 Å². The van der Waals surface area contributed by atoms with E-state index in [1.165, 1.54) is 46.5 Å². The summed E-state index contributed by atoms with van der Waals surface area (Å²) in [5.74, 6) is 5.78. The number of rotatable bonds is 25. The molecule has 6 aliphatic rings. The average molecular weight is 1300 g/mol. The van der Waals surface area contributed by atoms with Crippen LogP contribution in [0.15, 0.2) is 72.8 Å². The SMILES string of the molecule is COc1cc(C(=O)NCCOCCOCCOCCOCCNC(=O)c2ccc(C(=O)[O-])c(C3=c4cc5c6c(c4Oc4c3cc3c7c4CCCN7CCCC3)CCC[N+]=6CCCC5)c2)ccc1NCC#Cc1cc2c(N[C@@H]3CCN(C)C[C@@H]3F)cccc2n1CC(F)(F)F. The lowest BCUT2D eigenvalue weighted by Gasteiger charge is -2.36. The van der Waals surface area contributed by atoms with Crippen molar-refractivity contribution in [1.29, 1.82) is 0 Å². The number of nitrogens with zero attached hydrogens (tertiary/aromatic N) is 4. The Morgan fingerprint density at radius 1 is 0.723 bits per heavy atom. The summed E-state index contributed by atoms with van der Waals surface area (Å²) in [6.07, 6.45) is 4.87. The number of anilines is 3. The topological polar surface area (TPSA) is 192 Å². The summed E-state index contributed by atoms with van der Waals surface area (Å²) >= 11 is 0. The van der Waals surface area contributed by atoms with Gasteiger partial charge in [-0.1, -0.05) is 18.1 Å². The minimum atomic E-state index is -4.51. The number of piperidine rings is 1. The number of likely N-dealkylation sites (tertiary alicyclic amines) is 1. The number of hydrogen-bond donors (Lipinski definition) is 4. The number of aromatic carboxylic acids is 1. The van der Waals surface area contributed by atoms with Crippen LogP contribution in [0.5, 0.6) is 17.2 Å². The second-order valence-electron chi connectivity index (χ2n) is 24.9. The van der Waals surface area contributed by atoms with E-state index in [0.717, 1.165) is 123 Å². The summed E-state index contributed by atoms with van der Waals surface area (Å²) in [5, 5.41) is 28.0. The molecule has 18 nitrogen and oxygen atoms in total. The Labute approximate surface area is 544 Å². The smallest absolute Gasteiger partial charge is 0.406 e. The molecule has 6 aromatic rings. The number of fused-ring (bicyclic) bond motifs is 5. The van der Waals surface area contributed by atoms with Crippen LogP contribution >= 0.6 is 0 Å². The van der Waals surface area contributed by atoms with Gasteiger partial charge in [0.25, 0.3) is 11.8 Å². The van der Waals surface area contributed by atoms with Gasteiger partial charge >= 0.3 is 6.18 Å². The third kappa shape index (κ3) is 15.0. The highest BCUT2D eigenvalue weighted by Crippen LogP contribution is 2.49. The van der Waals surface area contributed by atoms with E-state index in [1.54, 1.807) is 54.6 Å². The minimum Gasteiger partial charge on any atom is -0.545 e. The van der Waals surface area contributed by atoms with Crippen molar-refractivity contribution < 1.29 is 65.5 Å². The molecule has 22 heteroatoms. The first-order valence-corrected chi connectivity index (χ1v) is 33.1. The van der Waals surface area contributed by atoms with Crippen LogP contribution in [-0.2, 0) is 51.2 Å². The molecule has 498 valence electrons. The van der Waals surface area contributed by atoms with Gasteiger partial charge in [-0.05, 0) is 143 Å². The number of amides is 2. The number of halogens is 4. The molecule has 0 saturated carbocycles. The number of nitrogens with one attached hydrogen (secondary N) is 4. The summed E-state index contributed by atoms with van der Waals surface area (Å²) in [6.45, 7) is 6.61. The van der Waals surface area contributed by atoms with Crippen LogP contribution in [0.25, 0.3) is 16.5 Å². The maximum atomic E-state index is 14.9. The first kappa shape index (κ1) is 65.8. The van der Waals surface area contributed by atoms with Crippen LogP contribution in [0.1, 0.15) is 115 Å². The number of methoxy groups -OCH3 is 1. The molecule has 12 rings (SSSR count). The van der Waals surface area contributed by atoms with E-state index in [9.17, 15) is 37.1 Å². The predicted molar refractivity (Wildman–Crippen MR) is 349 cm³/mol. The lowest BCUT2D eigenvalue weighted by atomic mass is 9.82. The number of ether oxygens (including phenoxy) is 6. The Hall–Kier alpha value is -8.20. The van der Waals surface area contributed by atoms with Crippen molar-refractivity contribution in [3.63, 3.8) is 0 Å². The molecule has 1 saturated heterocycles. The molecule has 0 spiro atoms. The van der Waals surface area contributed by atoms with E-state index < -0.39 is 30.9 Å². The summed E-state index contributed by atoms with van der Waals surface area (Å²) in [6, 6.07) is 20.2. The standard InChI is InChI=1S/C72H82F4N8O10/c1-81-30-22-60(58(73)44-81)80-59-16-7-17-62-55(59)43-50(84(62)45-72(74,75)76)13-8-23-77-61-21-19-49(42-63(61)89-2)70(86)79-25-32-91-34-36-93-38-37-92-35-33-90-31-24-78-69(85)48-18-20-51(71(87)88)54(41-48)64-56-39-46-11-3-5-26-82-28-9-14-52(65(46)82)67(56)94-68-53-15-10-29-83-27-6-4-12-47(66(53)83)40-57(64)68/h7,16-21,39-43,58,60,80H,3-6,9-12,14-15,22-38,44-45H2,1-2H3,(H3-,77,78,79,85,86,87,88)/t58-,60+/m0/s1. The molecule has 2 atom stereocenters. The first-order chi connectivity index (χ1) is 45.7. The number of carboxylic acids is 1. The van der Waals surface area contributed by atoms with E-state index in [4.69, 9.17) is 28.4 Å². The van der Waals surface area contributed by atoms with Crippen LogP contribution in [-0.4, -0.2) is 172 Å². The fourth-order valence-corrected chi connectivity index (χ4v) is 14.2. The Balaban J connectivity index is 0.565. The van der Waals surface area contributed by atoms with E-state index >= 15 is 0 Å². The normalized spacial score (nSPS) is 17.5. The van der Waals surface area contributed by atoms with E-state index in [0.29, 0.717) is 97.3 Å². The van der Waals surface area contributed by atoms with Crippen molar-refractivity contribution in [2.24, 2.45) is 0 Å². The van der Waals surface area contributed by atoms with Crippen molar-refractivity contribution in [1.82, 2.24) is 24.7 Å². The second kappa shape index (κ2) is 30.0. The number of carboxylic acid groups (broad SMARTS) is 1. The number of benzene rings is 5. The van der Waals surface area contributed by atoms with Gasteiger partial charge in [-0.3, -0.25) is 9.59 Å². The Kier molecular flexibility index (Phi) is 21.0. The second-order valence-corrected chi connectivity index (χ2v) is 24.9. The highest BCUT2D eigenvalue weighted by Gasteiger charge is 2.37. The molecule has 1 aromatic heterocycles. The van der Waals surface area contributed by atoms with Crippen molar-refractivity contribution >= 4 is 51.3 Å². The molecule has 0 aliphatic carbocycles. The van der Waals surface area contributed by atoms with Crippen LogP contribution in [0.3, 0.4) is 0 Å². The van der Waals surface area contributed by atoms with E-state index in [-0.39, 0.29) is 62.5 Å². The number of carbonyl (C=O) groups excluding carboxylic acids is 3. The minimum absolute atomic E-state index is 0.0242. The van der Waals surface area contributed by atoms with Gasteiger partial charge in [0.15, 0.2) is 0 Å². The van der Waals surface area contributed by atoms with Crippen molar-refractivity contribution in [3.05, 3.63) is 139 Å². The molecular formula is C72H82F4N8O10. The molecule has 0 unspecified atom stereocenters. The molecule has 94 heavy (non-hydrogen) atoms. The van der Waals surface area contributed by atoms with Gasteiger partial charge in [-0.25, -0.2) is 8.97 Å². The number of alkyl halides is 4. The van der Waals surface area contributed by atoms with Crippen LogP contribution in [0.2, 0.25) is 0 Å². The fraction of sp³-hybridized carbons (Fsp3) is 0.472. The third-order valence-electron chi connectivity index (χ3n) is 18.6. The van der Waals surface area contributed by atoms with Crippen LogP contribution in [0.4, 0.5) is 34.6 Å². The summed E-state index contributed by atoms with van der Waals surface area (Å²) in [4.78, 5) is 44.5. The third-order valence-corrected chi connectivity index (χ3v) is 18.6. The molecule has 4 N–H and O–H groups in total. The Morgan fingerprint density at radius 3 is 2.15 bits per heavy atom. The van der Waals surface area contributed by atoms with E-state index in [1.807, 2.05) is 11.9 Å². The summed E-state index contributed by atoms with van der Waals surface area (Å²) in [7, 11) is 3.31. The van der Waals surface area contributed by atoms with Crippen molar-refractivity contribution in [2.75, 3.05) is 141 Å². The molecule has 1 fully saturated rings. The number of carbonyl (C=O) groups is 3. The lowest BCUT2D eigenvalue weighted by molar-refractivity contribution is -0.255. The lowest BCUT2D eigenvalue weighted by Crippen LogP contribution is -2.46. The summed E-state index contributed by atoms with van der Waals surface area (Å²) < 4.78 is 95.6. The number of aromatic nitrogens is 1. The molecule has 6 aliphatic heterocycles. The van der Waals surface area contributed by atoms with Crippen molar-refractivity contribution in [3.8, 4) is 29.1 Å². The van der Waals surface area contributed by atoms with Crippen LogP contribution < -0.4 is 55.9 Å². The maximum Gasteiger partial charge on any atom is 0.406 e. The average Bonchev–Trinajstić information content (AvgIpc) is 0.803. The highest BCUT2D eigenvalue weighted by atomic mass is 19.4. The van der Waals surface area contributed by atoms with Gasteiger partial charge in [-0.2, -0.15) is 13.2 Å². The first-order valence-electron chi connectivity index (χ1n) is 33.1. The zero-order chi connectivity index (χ0) is 65.3. The molecule has 5 aromatic carbocycles. The zero-order valence-corrected chi connectivity index (χ0v) is 53.5. The van der Waals surface area contributed by atoms with Gasteiger partial charge < -0.3 is 74.0 Å². The van der Waals surface area contributed by atoms with Gasteiger partial charge in [0.05, 0.1) is 101 Å². The summed E-state index contributed by atoms with van der Waals surface area (Å²) in [5.41, 5.74) is 10.6. The molecule has 0 bridgehead atoms. The van der Waals surface area contributed by atoms with Gasteiger partial charge in [0.2, 0.25) is 5.36 Å². The number of aryl methyl sites for hydroxylation is 2. The monoisotopic (exact) mass is 1290 g/mol. The quantitative estimate of drug-likeness (QED) is 0.0199. The molecule has 2 amide bonds.